The molecule has 1 atom stereocenters. The maximum Gasteiger partial charge on any atom is 0.341 e. The number of anilines is 1. The molecule has 2 amide bonds. The number of carbonyl (C=O) groups is 3. The van der Waals surface area contributed by atoms with Gasteiger partial charge in [0.2, 0.25) is 0 Å². The normalized spacial score (nSPS) is 16.3. The summed E-state index contributed by atoms with van der Waals surface area (Å²) in [5, 5.41) is 8.30. The van der Waals surface area contributed by atoms with Crippen molar-refractivity contribution < 1.29 is 24.2 Å². The van der Waals surface area contributed by atoms with E-state index in [0.29, 0.717) is 27.8 Å². The maximum atomic E-state index is 12.8. The van der Waals surface area contributed by atoms with Crippen LogP contribution in [0.15, 0.2) is 53.4 Å². The molecule has 29 heavy (non-hydrogen) atoms. The molecule has 1 unspecified atom stereocenters. The molecule has 6 nitrogen and oxygen atoms in total. The first kappa shape index (κ1) is 20.7. The average molecular weight is 411 g/mol. The van der Waals surface area contributed by atoms with Gasteiger partial charge in [-0.25, -0.2) is 9.69 Å². The third-order valence-electron chi connectivity index (χ3n) is 4.67. The number of aliphatic carboxylic acids is 1. The summed E-state index contributed by atoms with van der Waals surface area (Å²) in [5.41, 5.74) is 2.44. The van der Waals surface area contributed by atoms with Crippen LogP contribution in [0.1, 0.15) is 37.3 Å². The summed E-state index contributed by atoms with van der Waals surface area (Å²) in [6, 6.07) is 14.1. The van der Waals surface area contributed by atoms with Crippen LogP contribution in [0.25, 0.3) is 6.08 Å². The lowest BCUT2D eigenvalue weighted by Crippen LogP contribution is -2.27. The van der Waals surface area contributed by atoms with Crippen molar-refractivity contribution in [1.29, 1.82) is 0 Å². The molecule has 1 N–H and O–H groups in total. The standard InChI is InChI=1S/C22H21NO5S/c1-3-14(2)16-6-8-17(9-7-16)23-21(26)19(29-22(23)27)12-15-4-10-18(11-5-15)28-13-20(24)25/h4-12,14H,3,13H2,1-2H3,(H,24,25)/b19-12+. The number of hydrogen-bond donors (Lipinski definition) is 1. The molecular formula is C22H21NO5S. The summed E-state index contributed by atoms with van der Waals surface area (Å²) in [4.78, 5) is 37.2. The van der Waals surface area contributed by atoms with Crippen molar-refractivity contribution in [2.75, 3.05) is 11.5 Å². The monoisotopic (exact) mass is 411 g/mol. The highest BCUT2D eigenvalue weighted by molar-refractivity contribution is 8.19. The zero-order chi connectivity index (χ0) is 21.0. The summed E-state index contributed by atoms with van der Waals surface area (Å²) >= 11 is 0.894. The minimum absolute atomic E-state index is 0.334. The van der Waals surface area contributed by atoms with Gasteiger partial charge < -0.3 is 9.84 Å². The number of amides is 2. The molecule has 7 heteroatoms. The third kappa shape index (κ3) is 4.86. The van der Waals surface area contributed by atoms with Crippen molar-refractivity contribution in [1.82, 2.24) is 0 Å². The highest BCUT2D eigenvalue weighted by Gasteiger charge is 2.36. The number of ether oxygens (including phenoxy) is 1. The Labute approximate surface area is 173 Å². The second-order valence-electron chi connectivity index (χ2n) is 6.67. The fourth-order valence-corrected chi connectivity index (χ4v) is 3.68. The van der Waals surface area contributed by atoms with Crippen molar-refractivity contribution in [2.45, 2.75) is 26.2 Å². The van der Waals surface area contributed by atoms with E-state index >= 15 is 0 Å². The largest absolute Gasteiger partial charge is 0.482 e. The van der Waals surface area contributed by atoms with Crippen LogP contribution in [-0.4, -0.2) is 28.8 Å². The molecule has 0 spiro atoms. The number of nitrogens with zero attached hydrogens (tertiary/aromatic N) is 1. The van der Waals surface area contributed by atoms with Gasteiger partial charge >= 0.3 is 5.97 Å². The number of hydrogen-bond acceptors (Lipinski definition) is 5. The Bertz CT molecular complexity index is 950. The van der Waals surface area contributed by atoms with Crippen molar-refractivity contribution in [3.05, 3.63) is 64.6 Å². The summed E-state index contributed by atoms with van der Waals surface area (Å²) in [7, 11) is 0. The minimum Gasteiger partial charge on any atom is -0.482 e. The van der Waals surface area contributed by atoms with E-state index in [1.54, 1.807) is 42.5 Å². The van der Waals surface area contributed by atoms with Gasteiger partial charge in [-0.1, -0.05) is 38.1 Å². The maximum absolute atomic E-state index is 12.8. The Morgan fingerprint density at radius 3 is 2.38 bits per heavy atom. The predicted molar refractivity (Wildman–Crippen MR) is 113 cm³/mol. The molecule has 1 fully saturated rings. The number of carboxylic acids is 1. The van der Waals surface area contributed by atoms with Crippen LogP contribution in [0.4, 0.5) is 10.5 Å². The Kier molecular flexibility index (Phi) is 6.39. The van der Waals surface area contributed by atoms with E-state index in [1.165, 1.54) is 10.5 Å². The average Bonchev–Trinajstić information content (AvgIpc) is 3.00. The van der Waals surface area contributed by atoms with E-state index in [2.05, 4.69) is 13.8 Å². The SMILES string of the molecule is CCC(C)c1ccc(N2C(=O)S/C(=C/c3ccc(OCC(=O)O)cc3)C2=O)cc1. The molecule has 1 saturated heterocycles. The number of carbonyl (C=O) groups excluding carboxylic acids is 2. The number of carboxylic acid groups (broad SMARTS) is 1. The number of rotatable bonds is 7. The van der Waals surface area contributed by atoms with Crippen LogP contribution < -0.4 is 9.64 Å². The van der Waals surface area contributed by atoms with Gasteiger partial charge in [0.25, 0.3) is 11.1 Å². The van der Waals surface area contributed by atoms with Gasteiger partial charge in [-0.05, 0) is 65.6 Å². The second-order valence-corrected chi connectivity index (χ2v) is 7.66. The lowest BCUT2D eigenvalue weighted by atomic mass is 9.98. The summed E-state index contributed by atoms with van der Waals surface area (Å²) in [6.45, 7) is 3.83. The fraction of sp³-hybridized carbons (Fsp3) is 0.227. The molecule has 150 valence electrons. The van der Waals surface area contributed by atoms with Crippen LogP contribution in [0.2, 0.25) is 0 Å². The first-order valence-corrected chi connectivity index (χ1v) is 10.0. The van der Waals surface area contributed by atoms with E-state index in [0.717, 1.165) is 18.2 Å². The van der Waals surface area contributed by atoms with Crippen molar-refractivity contribution in [2.24, 2.45) is 0 Å². The van der Waals surface area contributed by atoms with Gasteiger partial charge in [-0.15, -0.1) is 0 Å². The van der Waals surface area contributed by atoms with Crippen LogP contribution >= 0.6 is 11.8 Å². The van der Waals surface area contributed by atoms with E-state index in [4.69, 9.17) is 9.84 Å². The summed E-state index contributed by atoms with van der Waals surface area (Å²) < 4.78 is 5.09. The molecule has 3 rings (SSSR count). The number of thioether (sulfide) groups is 1. The van der Waals surface area contributed by atoms with Crippen LogP contribution in [0, 0.1) is 0 Å². The van der Waals surface area contributed by atoms with E-state index in [-0.39, 0.29) is 11.1 Å². The van der Waals surface area contributed by atoms with Gasteiger partial charge in [-0.3, -0.25) is 9.59 Å². The topological polar surface area (TPSA) is 83.9 Å². The Hall–Kier alpha value is -3.06. The Balaban J connectivity index is 1.75. The Morgan fingerprint density at radius 1 is 1.14 bits per heavy atom. The third-order valence-corrected chi connectivity index (χ3v) is 5.54. The first-order chi connectivity index (χ1) is 13.9. The molecule has 0 aliphatic carbocycles. The molecule has 0 saturated carbocycles. The van der Waals surface area contributed by atoms with E-state index in [1.807, 2.05) is 12.1 Å². The van der Waals surface area contributed by atoms with Gasteiger partial charge in [0.05, 0.1) is 10.6 Å². The lowest BCUT2D eigenvalue weighted by Gasteiger charge is -2.14. The van der Waals surface area contributed by atoms with Crippen molar-refractivity contribution in [3.8, 4) is 5.75 Å². The Morgan fingerprint density at radius 2 is 1.79 bits per heavy atom. The van der Waals surface area contributed by atoms with Gasteiger partial charge in [0, 0.05) is 0 Å². The highest BCUT2D eigenvalue weighted by atomic mass is 32.2. The first-order valence-electron chi connectivity index (χ1n) is 9.21. The molecule has 0 radical (unpaired) electrons. The van der Waals surface area contributed by atoms with E-state index < -0.39 is 12.6 Å². The zero-order valence-corrected chi connectivity index (χ0v) is 16.9. The molecular weight excluding hydrogens is 390 g/mol. The van der Waals surface area contributed by atoms with Crippen LogP contribution in [0.5, 0.6) is 5.75 Å². The highest BCUT2D eigenvalue weighted by Crippen LogP contribution is 2.36. The van der Waals surface area contributed by atoms with Crippen LogP contribution in [0.3, 0.4) is 0 Å². The van der Waals surface area contributed by atoms with Gasteiger partial charge in [0.1, 0.15) is 5.75 Å². The molecule has 2 aromatic rings. The molecule has 0 bridgehead atoms. The smallest absolute Gasteiger partial charge is 0.341 e. The minimum atomic E-state index is -1.06. The summed E-state index contributed by atoms with van der Waals surface area (Å²) in [6.07, 6.45) is 2.66. The molecule has 0 aromatic heterocycles. The van der Waals surface area contributed by atoms with Gasteiger partial charge in [-0.2, -0.15) is 0 Å². The van der Waals surface area contributed by atoms with Crippen molar-refractivity contribution in [3.63, 3.8) is 0 Å². The second kappa shape index (κ2) is 8.96. The van der Waals surface area contributed by atoms with E-state index in [9.17, 15) is 14.4 Å². The number of imide groups is 1. The number of benzene rings is 2. The molecule has 2 aromatic carbocycles. The van der Waals surface area contributed by atoms with Crippen molar-refractivity contribution >= 4 is 40.6 Å². The van der Waals surface area contributed by atoms with Crippen LogP contribution in [-0.2, 0) is 9.59 Å². The zero-order valence-electron chi connectivity index (χ0n) is 16.1. The molecule has 1 heterocycles. The predicted octanol–water partition coefficient (Wildman–Crippen LogP) is 4.90. The summed E-state index contributed by atoms with van der Waals surface area (Å²) in [5.74, 6) is -0.581. The quantitative estimate of drug-likeness (QED) is 0.652. The van der Waals surface area contributed by atoms with Gasteiger partial charge in [0.15, 0.2) is 6.61 Å². The molecule has 1 aliphatic rings. The molecule has 1 aliphatic heterocycles. The lowest BCUT2D eigenvalue weighted by molar-refractivity contribution is -0.139. The fourth-order valence-electron chi connectivity index (χ4n) is 2.83.